The van der Waals surface area contributed by atoms with Crippen LogP contribution in [0.1, 0.15) is 110 Å². The van der Waals surface area contributed by atoms with Crippen LogP contribution in [0.5, 0.6) is 0 Å². The number of carboxylic acid groups (broad SMARTS) is 1. The Kier molecular flexibility index (Phi) is 21.0. The summed E-state index contributed by atoms with van der Waals surface area (Å²) in [6.07, 6.45) is 7.55. The fourth-order valence-corrected chi connectivity index (χ4v) is 5.28. The zero-order valence-corrected chi connectivity index (χ0v) is 25.7. The van der Waals surface area contributed by atoms with Gasteiger partial charge in [-0.2, -0.15) is 0 Å². The molecule has 2 heterocycles. The lowest BCUT2D eigenvalue weighted by Gasteiger charge is -2.43. The van der Waals surface area contributed by atoms with Gasteiger partial charge in [0, 0.05) is 6.42 Å². The first-order chi connectivity index (χ1) is 20.6. The maximum atomic E-state index is 10.3. The highest BCUT2D eigenvalue weighted by Gasteiger charge is 2.58. The minimum Gasteiger partial charge on any atom is -0.481 e. The molecule has 0 radical (unpaired) electrons. The average molecular weight is 627 g/mol. The van der Waals surface area contributed by atoms with Crippen LogP contribution < -0.4 is 0 Å². The summed E-state index contributed by atoms with van der Waals surface area (Å²) in [5, 5.41) is 85.2. The molecule has 0 aromatic heterocycles. The summed E-state index contributed by atoms with van der Waals surface area (Å²) in [6, 6.07) is 0. The first kappa shape index (κ1) is 40.1. The van der Waals surface area contributed by atoms with Crippen molar-refractivity contribution in [3.63, 3.8) is 0 Å². The highest BCUT2D eigenvalue weighted by atomic mass is 16.8. The van der Waals surface area contributed by atoms with Gasteiger partial charge in [0.05, 0.1) is 13.2 Å². The lowest BCUT2D eigenvalue weighted by molar-refractivity contribution is -0.383. The monoisotopic (exact) mass is 626 g/mol. The molecule has 9 N–H and O–H groups in total. The lowest BCUT2D eigenvalue weighted by Crippen LogP contribution is -2.62. The smallest absolute Gasteiger partial charge is 0.303 e. The van der Waals surface area contributed by atoms with Gasteiger partial charge in [-0.1, -0.05) is 96.8 Å². The standard InChI is InChI=1S/C18H36O2.C12H22O11/c1-2-3-4-5-6-7-8-9-10-11-12-13-14-15-16-17-18(19)20;13-1-4-6(16)8(18)9(19)11(21-4)23-12(3-15)10(20)7(17)5(2-14)22-12/h2-17H2,1H3,(H,19,20);4-11,13-20H,1-3H2/t;4-,5-,6-,7-,8+,9-,10+,11-,12+/m.1/s1. The van der Waals surface area contributed by atoms with Crippen molar-refractivity contribution in [2.24, 2.45) is 0 Å². The van der Waals surface area contributed by atoms with Crippen LogP contribution in [-0.2, 0) is 19.0 Å². The van der Waals surface area contributed by atoms with Crippen molar-refractivity contribution >= 4 is 5.97 Å². The first-order valence-corrected chi connectivity index (χ1v) is 16.0. The van der Waals surface area contributed by atoms with Gasteiger partial charge >= 0.3 is 5.97 Å². The van der Waals surface area contributed by atoms with Gasteiger partial charge in [0.1, 0.15) is 49.3 Å². The van der Waals surface area contributed by atoms with E-state index in [1.54, 1.807) is 0 Å². The zero-order valence-electron chi connectivity index (χ0n) is 25.7. The summed E-state index contributed by atoms with van der Waals surface area (Å²) < 4.78 is 15.4. The summed E-state index contributed by atoms with van der Waals surface area (Å²) in [5.74, 6) is -2.87. The van der Waals surface area contributed by atoms with Crippen LogP contribution in [-0.4, -0.2) is 127 Å². The van der Waals surface area contributed by atoms with Crippen molar-refractivity contribution < 1.29 is 65.0 Å². The molecule has 0 spiro atoms. The number of aliphatic carboxylic acids is 1. The molecule has 2 fully saturated rings. The quantitative estimate of drug-likeness (QED) is 0.0809. The van der Waals surface area contributed by atoms with Gasteiger partial charge in [-0.15, -0.1) is 0 Å². The maximum Gasteiger partial charge on any atom is 0.303 e. The summed E-state index contributed by atoms with van der Waals surface area (Å²) in [7, 11) is 0. The summed E-state index contributed by atoms with van der Waals surface area (Å²) >= 11 is 0. The van der Waals surface area contributed by atoms with E-state index in [4.69, 9.17) is 29.5 Å². The molecule has 13 nitrogen and oxygen atoms in total. The molecule has 256 valence electrons. The highest BCUT2D eigenvalue weighted by Crippen LogP contribution is 2.35. The number of hydrogen-bond donors (Lipinski definition) is 9. The third kappa shape index (κ3) is 13.9. The number of carboxylic acids is 1. The SMILES string of the molecule is CCCCCCCCCCCCCCCCCC(=O)O.OC[C@H]1O[C@@](CO)(O[C@H]2O[C@H](CO)[C@@H](O)[C@H](O)[C@H]2O)[C@@H](O)[C@@H]1O. The summed E-state index contributed by atoms with van der Waals surface area (Å²) in [4.78, 5) is 10.3. The second kappa shape index (κ2) is 22.5. The van der Waals surface area contributed by atoms with Gasteiger partial charge in [-0.05, 0) is 6.42 Å². The Morgan fingerprint density at radius 3 is 1.51 bits per heavy atom. The largest absolute Gasteiger partial charge is 0.481 e. The Hall–Kier alpha value is -0.970. The van der Waals surface area contributed by atoms with Crippen LogP contribution >= 0.6 is 0 Å². The average Bonchev–Trinajstić information content (AvgIpc) is 3.24. The van der Waals surface area contributed by atoms with E-state index in [-0.39, 0.29) is 0 Å². The van der Waals surface area contributed by atoms with E-state index in [9.17, 15) is 35.4 Å². The Morgan fingerprint density at radius 2 is 1.12 bits per heavy atom. The molecule has 0 saturated carbocycles. The second-order valence-electron chi connectivity index (χ2n) is 11.7. The van der Waals surface area contributed by atoms with Crippen molar-refractivity contribution in [2.45, 2.75) is 164 Å². The predicted molar refractivity (Wildman–Crippen MR) is 156 cm³/mol. The van der Waals surface area contributed by atoms with E-state index in [0.717, 1.165) is 12.8 Å². The maximum absolute atomic E-state index is 10.3. The third-order valence-electron chi connectivity index (χ3n) is 8.06. The van der Waals surface area contributed by atoms with E-state index in [1.807, 2.05) is 0 Å². The molecule has 0 aromatic carbocycles. The zero-order chi connectivity index (χ0) is 32.3. The Balaban J connectivity index is 0.000000436. The number of aliphatic hydroxyl groups is 8. The molecule has 0 bridgehead atoms. The minimum atomic E-state index is -2.22. The molecular weight excluding hydrogens is 568 g/mol. The molecule has 2 saturated heterocycles. The molecule has 13 heteroatoms. The van der Waals surface area contributed by atoms with Crippen molar-refractivity contribution in [1.82, 2.24) is 0 Å². The highest BCUT2D eigenvalue weighted by molar-refractivity contribution is 5.66. The van der Waals surface area contributed by atoms with Crippen molar-refractivity contribution in [1.29, 1.82) is 0 Å². The van der Waals surface area contributed by atoms with Crippen molar-refractivity contribution in [3.8, 4) is 0 Å². The van der Waals surface area contributed by atoms with Gasteiger partial charge in [-0.25, -0.2) is 0 Å². The van der Waals surface area contributed by atoms with Gasteiger partial charge in [-0.3, -0.25) is 4.79 Å². The number of ether oxygens (including phenoxy) is 3. The van der Waals surface area contributed by atoms with Crippen LogP contribution in [0.2, 0.25) is 0 Å². The summed E-state index contributed by atoms with van der Waals surface area (Å²) in [5.41, 5.74) is 0. The van der Waals surface area contributed by atoms with Crippen LogP contribution in [0.15, 0.2) is 0 Å². The van der Waals surface area contributed by atoms with Crippen molar-refractivity contribution in [2.75, 3.05) is 19.8 Å². The molecule has 0 aromatic rings. The van der Waals surface area contributed by atoms with Crippen LogP contribution in [0.3, 0.4) is 0 Å². The van der Waals surface area contributed by atoms with Gasteiger partial charge in [0.15, 0.2) is 6.29 Å². The first-order valence-electron chi connectivity index (χ1n) is 16.0. The Labute approximate surface area is 255 Å². The van der Waals surface area contributed by atoms with E-state index in [0.29, 0.717) is 6.42 Å². The molecular formula is C30H58O13. The normalized spacial score (nSPS) is 32.4. The Bertz CT molecular complexity index is 712. The molecule has 2 rings (SSSR count). The number of rotatable bonds is 21. The third-order valence-corrected chi connectivity index (χ3v) is 8.06. The van der Waals surface area contributed by atoms with E-state index in [2.05, 4.69) is 6.92 Å². The number of hydrogen-bond acceptors (Lipinski definition) is 12. The van der Waals surface area contributed by atoms with E-state index < -0.39 is 80.6 Å². The Morgan fingerprint density at radius 1 is 0.651 bits per heavy atom. The fraction of sp³-hybridized carbons (Fsp3) is 0.967. The molecule has 2 aliphatic heterocycles. The second-order valence-corrected chi connectivity index (χ2v) is 11.7. The minimum absolute atomic E-state index is 0.345. The molecule has 0 aliphatic carbocycles. The molecule has 43 heavy (non-hydrogen) atoms. The molecule has 0 unspecified atom stereocenters. The van der Waals surface area contributed by atoms with E-state index in [1.165, 1.54) is 83.5 Å². The summed E-state index contributed by atoms with van der Waals surface area (Å²) in [6.45, 7) is -0.0524. The predicted octanol–water partition coefficient (Wildman–Crippen LogP) is 0.937. The molecule has 9 atom stereocenters. The fourth-order valence-electron chi connectivity index (χ4n) is 5.28. The van der Waals surface area contributed by atoms with Gasteiger partial charge in [0.25, 0.3) is 0 Å². The van der Waals surface area contributed by atoms with Crippen LogP contribution in [0, 0.1) is 0 Å². The van der Waals surface area contributed by atoms with Gasteiger partial charge < -0.3 is 60.2 Å². The van der Waals surface area contributed by atoms with Crippen LogP contribution in [0.25, 0.3) is 0 Å². The van der Waals surface area contributed by atoms with Crippen molar-refractivity contribution in [3.05, 3.63) is 0 Å². The molecule has 2 aliphatic rings. The van der Waals surface area contributed by atoms with E-state index >= 15 is 0 Å². The topological polar surface area (TPSA) is 227 Å². The number of aliphatic hydroxyl groups excluding tert-OH is 8. The molecule has 0 amide bonds. The van der Waals surface area contributed by atoms with Crippen LogP contribution in [0.4, 0.5) is 0 Å². The lowest BCUT2D eigenvalue weighted by atomic mass is 9.99. The number of unbranched alkanes of at least 4 members (excludes halogenated alkanes) is 14. The van der Waals surface area contributed by atoms with Gasteiger partial charge in [0.2, 0.25) is 5.79 Å². The number of carbonyl (C=O) groups is 1.